The third kappa shape index (κ3) is 2.61. The van der Waals surface area contributed by atoms with Crippen molar-refractivity contribution in [2.75, 3.05) is 13.7 Å². The van der Waals surface area contributed by atoms with E-state index in [1.54, 1.807) is 7.11 Å². The summed E-state index contributed by atoms with van der Waals surface area (Å²) >= 11 is 0. The molecule has 0 fully saturated rings. The molecule has 5 heteroatoms. The molecular formula is C14H18N2O3. The Hall–Kier alpha value is -1.88. The summed E-state index contributed by atoms with van der Waals surface area (Å²) in [7, 11) is 3.52. The second-order valence-corrected chi connectivity index (χ2v) is 4.64. The van der Waals surface area contributed by atoms with E-state index in [1.165, 1.54) is 0 Å². The molecule has 1 heterocycles. The van der Waals surface area contributed by atoms with Crippen LogP contribution >= 0.6 is 0 Å². The highest BCUT2D eigenvalue weighted by atomic mass is 16.5. The molecule has 0 aliphatic heterocycles. The number of fused-ring (bicyclic) bond motifs is 1. The minimum Gasteiger partial charge on any atom is -0.481 e. The number of hydrogen-bond acceptors (Lipinski definition) is 3. The van der Waals surface area contributed by atoms with Crippen molar-refractivity contribution >= 4 is 17.0 Å². The summed E-state index contributed by atoms with van der Waals surface area (Å²) < 4.78 is 6.96. The lowest BCUT2D eigenvalue weighted by molar-refractivity contribution is -0.139. The molecule has 0 spiro atoms. The summed E-state index contributed by atoms with van der Waals surface area (Å²) in [5, 5.41) is 9.30. The summed E-state index contributed by atoms with van der Waals surface area (Å²) in [6.07, 6.45) is 0.461. The maximum absolute atomic E-state index is 11.3. The van der Waals surface area contributed by atoms with Crippen molar-refractivity contribution in [2.45, 2.75) is 19.3 Å². The molecule has 0 saturated heterocycles. The fourth-order valence-electron chi connectivity index (χ4n) is 2.22. The number of carbonyl (C=O) groups is 1. The van der Waals surface area contributed by atoms with Crippen LogP contribution in [0.4, 0.5) is 0 Å². The molecule has 1 unspecified atom stereocenters. The zero-order valence-corrected chi connectivity index (χ0v) is 11.4. The van der Waals surface area contributed by atoms with E-state index in [-0.39, 0.29) is 0 Å². The predicted molar refractivity (Wildman–Crippen MR) is 72.3 cm³/mol. The lowest BCUT2D eigenvalue weighted by atomic mass is 9.96. The van der Waals surface area contributed by atoms with E-state index in [1.807, 2.05) is 36.7 Å². The van der Waals surface area contributed by atoms with Gasteiger partial charge in [0.1, 0.15) is 5.82 Å². The smallest absolute Gasteiger partial charge is 0.311 e. The van der Waals surface area contributed by atoms with Gasteiger partial charge in [-0.2, -0.15) is 0 Å². The molecule has 1 N–H and O–H groups in total. The number of nitrogens with zero attached hydrogens (tertiary/aromatic N) is 2. The SMILES string of the molecule is COCCC(C(=O)O)c1ccc2c(c1)nc(C)n2C. The predicted octanol–water partition coefficient (Wildman–Crippen LogP) is 2.09. The first kappa shape index (κ1) is 13.5. The molecule has 2 aromatic rings. The lowest BCUT2D eigenvalue weighted by Gasteiger charge is -2.12. The highest BCUT2D eigenvalue weighted by molar-refractivity contribution is 5.81. The number of aliphatic carboxylic acids is 1. The summed E-state index contributed by atoms with van der Waals surface area (Å²) in [6, 6.07) is 5.64. The maximum atomic E-state index is 11.3. The van der Waals surface area contributed by atoms with Crippen LogP contribution in [0.2, 0.25) is 0 Å². The van der Waals surface area contributed by atoms with E-state index < -0.39 is 11.9 Å². The monoisotopic (exact) mass is 262 g/mol. The van der Waals surface area contributed by atoms with Crippen LogP contribution in [0.25, 0.3) is 11.0 Å². The molecule has 19 heavy (non-hydrogen) atoms. The summed E-state index contributed by atoms with van der Waals surface area (Å²) in [5.41, 5.74) is 2.62. The topological polar surface area (TPSA) is 64.3 Å². The molecule has 0 aliphatic rings. The number of methoxy groups -OCH3 is 1. The van der Waals surface area contributed by atoms with E-state index in [0.717, 1.165) is 22.4 Å². The van der Waals surface area contributed by atoms with Crippen LogP contribution in [-0.4, -0.2) is 34.3 Å². The minimum atomic E-state index is -0.830. The second kappa shape index (κ2) is 5.40. The molecule has 1 atom stereocenters. The minimum absolute atomic E-state index is 0.427. The van der Waals surface area contributed by atoms with Crippen LogP contribution in [0.3, 0.4) is 0 Å². The molecule has 0 radical (unpaired) electrons. The van der Waals surface area contributed by atoms with Gasteiger partial charge in [0.15, 0.2) is 0 Å². The molecule has 2 rings (SSSR count). The van der Waals surface area contributed by atoms with Crippen LogP contribution in [0.5, 0.6) is 0 Å². The van der Waals surface area contributed by atoms with Crippen LogP contribution in [-0.2, 0) is 16.6 Å². The average Bonchev–Trinajstić information content (AvgIpc) is 2.65. The van der Waals surface area contributed by atoms with Crippen molar-refractivity contribution < 1.29 is 14.6 Å². The van der Waals surface area contributed by atoms with Gasteiger partial charge in [0.2, 0.25) is 0 Å². The Labute approximate surface area is 111 Å². The third-order valence-electron chi connectivity index (χ3n) is 3.44. The molecule has 102 valence electrons. The van der Waals surface area contributed by atoms with E-state index in [9.17, 15) is 9.90 Å². The van der Waals surface area contributed by atoms with Gasteiger partial charge in [0.05, 0.1) is 17.0 Å². The van der Waals surface area contributed by atoms with Gasteiger partial charge >= 0.3 is 5.97 Å². The number of aromatic nitrogens is 2. The van der Waals surface area contributed by atoms with Gasteiger partial charge < -0.3 is 14.4 Å². The molecule has 0 amide bonds. The van der Waals surface area contributed by atoms with Crippen molar-refractivity contribution in [3.05, 3.63) is 29.6 Å². The Morgan fingerprint density at radius 1 is 1.53 bits per heavy atom. The second-order valence-electron chi connectivity index (χ2n) is 4.64. The first-order valence-electron chi connectivity index (χ1n) is 6.19. The zero-order chi connectivity index (χ0) is 14.0. The fourth-order valence-corrected chi connectivity index (χ4v) is 2.22. The van der Waals surface area contributed by atoms with Gasteiger partial charge in [-0.3, -0.25) is 4.79 Å². The van der Waals surface area contributed by atoms with Crippen molar-refractivity contribution in [3.8, 4) is 0 Å². The molecule has 1 aromatic carbocycles. The number of ether oxygens (including phenoxy) is 1. The first-order valence-corrected chi connectivity index (χ1v) is 6.19. The first-order chi connectivity index (χ1) is 9.04. The molecule has 0 bridgehead atoms. The number of carboxylic acid groups (broad SMARTS) is 1. The summed E-state index contributed by atoms with van der Waals surface area (Å²) in [4.78, 5) is 15.8. The largest absolute Gasteiger partial charge is 0.481 e. The molecule has 0 aliphatic carbocycles. The van der Waals surface area contributed by atoms with Crippen molar-refractivity contribution in [1.82, 2.24) is 9.55 Å². The Morgan fingerprint density at radius 2 is 2.26 bits per heavy atom. The van der Waals surface area contributed by atoms with Crippen molar-refractivity contribution in [2.24, 2.45) is 7.05 Å². The van der Waals surface area contributed by atoms with Gasteiger partial charge in [-0.15, -0.1) is 0 Å². The normalized spacial score (nSPS) is 12.8. The Balaban J connectivity index is 2.40. The fraction of sp³-hybridized carbons (Fsp3) is 0.429. The Kier molecular flexibility index (Phi) is 3.85. The molecule has 0 saturated carbocycles. The quantitative estimate of drug-likeness (QED) is 0.896. The Bertz CT molecular complexity index is 604. The lowest BCUT2D eigenvalue weighted by Crippen LogP contribution is -2.13. The highest BCUT2D eigenvalue weighted by Gasteiger charge is 2.20. The summed E-state index contributed by atoms with van der Waals surface area (Å²) in [5.74, 6) is -0.466. The number of hydrogen-bond donors (Lipinski definition) is 1. The maximum Gasteiger partial charge on any atom is 0.311 e. The van der Waals surface area contributed by atoms with Crippen LogP contribution in [0, 0.1) is 6.92 Å². The van der Waals surface area contributed by atoms with Crippen molar-refractivity contribution in [1.29, 1.82) is 0 Å². The molecular weight excluding hydrogens is 244 g/mol. The van der Waals surface area contributed by atoms with Crippen LogP contribution in [0.1, 0.15) is 23.7 Å². The number of aryl methyl sites for hydroxylation is 2. The van der Waals surface area contributed by atoms with Crippen LogP contribution in [0.15, 0.2) is 18.2 Å². The van der Waals surface area contributed by atoms with E-state index in [2.05, 4.69) is 4.98 Å². The van der Waals surface area contributed by atoms with Gasteiger partial charge in [-0.25, -0.2) is 4.98 Å². The molecule has 1 aromatic heterocycles. The number of carboxylic acids is 1. The van der Waals surface area contributed by atoms with Gasteiger partial charge in [0, 0.05) is 20.8 Å². The zero-order valence-electron chi connectivity index (χ0n) is 11.4. The van der Waals surface area contributed by atoms with Crippen LogP contribution < -0.4 is 0 Å². The van der Waals surface area contributed by atoms with E-state index in [4.69, 9.17) is 4.74 Å². The van der Waals surface area contributed by atoms with Gasteiger partial charge in [-0.05, 0) is 31.0 Å². The van der Waals surface area contributed by atoms with Crippen molar-refractivity contribution in [3.63, 3.8) is 0 Å². The van der Waals surface area contributed by atoms with Gasteiger partial charge in [-0.1, -0.05) is 6.07 Å². The average molecular weight is 262 g/mol. The summed E-state index contributed by atoms with van der Waals surface area (Å²) in [6.45, 7) is 2.36. The third-order valence-corrected chi connectivity index (χ3v) is 3.44. The number of benzene rings is 1. The highest BCUT2D eigenvalue weighted by Crippen LogP contribution is 2.24. The Morgan fingerprint density at radius 3 is 2.89 bits per heavy atom. The number of imidazole rings is 1. The molecule has 5 nitrogen and oxygen atoms in total. The van der Waals surface area contributed by atoms with E-state index >= 15 is 0 Å². The van der Waals surface area contributed by atoms with E-state index in [0.29, 0.717) is 13.0 Å². The number of rotatable bonds is 5. The standard InChI is InChI=1S/C14H18N2O3/c1-9-15-12-8-10(4-5-13(12)16(9)2)11(14(17)18)6-7-19-3/h4-5,8,11H,6-7H2,1-3H3,(H,17,18). The van der Waals surface area contributed by atoms with Gasteiger partial charge in [0.25, 0.3) is 0 Å².